The van der Waals surface area contributed by atoms with Crippen LogP contribution in [0.2, 0.25) is 0 Å². The molecule has 2 aromatic rings. The van der Waals surface area contributed by atoms with E-state index in [1.165, 1.54) is 12.1 Å². The van der Waals surface area contributed by atoms with E-state index < -0.39 is 17.7 Å². The quantitative estimate of drug-likeness (QED) is 0.733. The maximum Gasteiger partial charge on any atom is 0.416 e. The molecule has 1 fully saturated rings. The molecule has 0 aliphatic carbocycles. The highest BCUT2D eigenvalue weighted by atomic mass is 19.4. The number of para-hydroxylation sites is 1. The van der Waals surface area contributed by atoms with E-state index in [-0.39, 0.29) is 30.2 Å². The van der Waals surface area contributed by atoms with Gasteiger partial charge in [-0.1, -0.05) is 12.1 Å². The number of carbonyl (C=O) groups excluding carboxylic acids is 1. The third kappa shape index (κ3) is 4.20. The van der Waals surface area contributed by atoms with Crippen LogP contribution >= 0.6 is 0 Å². The molecular weight excluding hydrogens is 410 g/mol. The van der Waals surface area contributed by atoms with E-state index in [9.17, 15) is 22.4 Å². The van der Waals surface area contributed by atoms with Gasteiger partial charge in [0.2, 0.25) is 5.91 Å². The summed E-state index contributed by atoms with van der Waals surface area (Å²) in [7, 11) is 0. The van der Waals surface area contributed by atoms with E-state index in [0.29, 0.717) is 30.9 Å². The Hall–Kier alpha value is -2.77. The summed E-state index contributed by atoms with van der Waals surface area (Å²) in [5.74, 6) is -1.05. The second kappa shape index (κ2) is 8.05. The summed E-state index contributed by atoms with van der Waals surface area (Å²) in [6.45, 7) is 5.11. The molecule has 2 aliphatic rings. The molecule has 1 amide bonds. The molecule has 0 unspecified atom stereocenters. The van der Waals surface area contributed by atoms with Crippen LogP contribution in [0.15, 0.2) is 42.5 Å². The summed E-state index contributed by atoms with van der Waals surface area (Å²) in [6.07, 6.45) is -4.23. The SMILES string of the molecule is CC(C)NC(=O)[C@H]1Cc2cc(C(F)(F)F)ccc2N2CCN(c3ccccc3F)C[C@H]12. The van der Waals surface area contributed by atoms with Crippen molar-refractivity contribution in [1.29, 1.82) is 0 Å². The van der Waals surface area contributed by atoms with Crippen molar-refractivity contribution in [2.45, 2.75) is 38.5 Å². The van der Waals surface area contributed by atoms with E-state index in [0.717, 1.165) is 17.8 Å². The van der Waals surface area contributed by atoms with E-state index in [1.807, 2.05) is 23.6 Å². The summed E-state index contributed by atoms with van der Waals surface area (Å²) in [6, 6.07) is 9.90. The molecule has 2 aromatic carbocycles. The second-order valence-corrected chi connectivity index (χ2v) is 8.47. The van der Waals surface area contributed by atoms with Crippen molar-refractivity contribution in [2.24, 2.45) is 5.92 Å². The van der Waals surface area contributed by atoms with Gasteiger partial charge < -0.3 is 15.1 Å². The van der Waals surface area contributed by atoms with Crippen LogP contribution in [0.1, 0.15) is 25.0 Å². The van der Waals surface area contributed by atoms with Gasteiger partial charge in [-0.3, -0.25) is 4.79 Å². The van der Waals surface area contributed by atoms with Gasteiger partial charge in [0.25, 0.3) is 0 Å². The number of hydrogen-bond acceptors (Lipinski definition) is 3. The number of nitrogens with one attached hydrogen (secondary N) is 1. The van der Waals surface area contributed by atoms with Crippen LogP contribution in [0, 0.1) is 11.7 Å². The minimum Gasteiger partial charge on any atom is -0.365 e. The van der Waals surface area contributed by atoms with E-state index >= 15 is 0 Å². The molecular formula is C23H25F4N3O. The zero-order chi connectivity index (χ0) is 22.3. The standard InChI is InChI=1S/C23H25F4N3O/c1-14(2)28-22(31)17-12-15-11-16(23(25,26)27)7-8-19(15)30-10-9-29(13-21(17)30)20-6-4-3-5-18(20)24/h3-8,11,14,17,21H,9-10,12-13H2,1-2H3,(H,28,31)/t17-,21+/m0/s1. The van der Waals surface area contributed by atoms with Crippen LogP contribution in [-0.2, 0) is 17.4 Å². The number of alkyl halides is 3. The zero-order valence-electron chi connectivity index (χ0n) is 17.4. The number of rotatable bonds is 3. The average Bonchev–Trinajstić information content (AvgIpc) is 2.71. The van der Waals surface area contributed by atoms with Crippen LogP contribution in [0.4, 0.5) is 28.9 Å². The first-order valence-electron chi connectivity index (χ1n) is 10.4. The summed E-state index contributed by atoms with van der Waals surface area (Å²) >= 11 is 0. The molecule has 0 bridgehead atoms. The summed E-state index contributed by atoms with van der Waals surface area (Å²) in [5, 5.41) is 2.91. The second-order valence-electron chi connectivity index (χ2n) is 8.47. The molecule has 4 nitrogen and oxygen atoms in total. The first-order valence-corrected chi connectivity index (χ1v) is 10.4. The van der Waals surface area contributed by atoms with Gasteiger partial charge in [-0.05, 0) is 56.2 Å². The number of amides is 1. The Kier molecular flexibility index (Phi) is 5.58. The number of hydrogen-bond donors (Lipinski definition) is 1. The van der Waals surface area contributed by atoms with Crippen LogP contribution < -0.4 is 15.1 Å². The predicted molar refractivity (Wildman–Crippen MR) is 112 cm³/mol. The summed E-state index contributed by atoms with van der Waals surface area (Å²) < 4.78 is 54.2. The van der Waals surface area contributed by atoms with Crippen LogP contribution in [0.25, 0.3) is 0 Å². The molecule has 4 rings (SSSR count). The number of fused-ring (bicyclic) bond motifs is 3. The predicted octanol–water partition coefficient (Wildman–Crippen LogP) is 4.24. The smallest absolute Gasteiger partial charge is 0.365 e. The Morgan fingerprint density at radius 2 is 1.84 bits per heavy atom. The van der Waals surface area contributed by atoms with Crippen LogP contribution in [0.3, 0.4) is 0 Å². The molecule has 31 heavy (non-hydrogen) atoms. The Balaban J connectivity index is 1.70. The number of benzene rings is 2. The Morgan fingerprint density at radius 1 is 1.10 bits per heavy atom. The lowest BCUT2D eigenvalue weighted by molar-refractivity contribution is -0.137. The summed E-state index contributed by atoms with van der Waals surface area (Å²) in [5.41, 5.74) is 1.01. The molecule has 2 atom stereocenters. The Labute approximate surface area is 178 Å². The van der Waals surface area contributed by atoms with Gasteiger partial charge in [0.05, 0.1) is 23.2 Å². The topological polar surface area (TPSA) is 35.6 Å². The highest BCUT2D eigenvalue weighted by Gasteiger charge is 2.43. The zero-order valence-corrected chi connectivity index (χ0v) is 17.4. The molecule has 8 heteroatoms. The lowest BCUT2D eigenvalue weighted by Crippen LogP contribution is -2.61. The van der Waals surface area contributed by atoms with Gasteiger partial charge in [0.15, 0.2) is 0 Å². The molecule has 2 heterocycles. The van der Waals surface area contributed by atoms with Crippen molar-refractivity contribution in [3.63, 3.8) is 0 Å². The van der Waals surface area contributed by atoms with Gasteiger partial charge in [-0.25, -0.2) is 4.39 Å². The van der Waals surface area contributed by atoms with Crippen molar-refractivity contribution in [3.8, 4) is 0 Å². The highest BCUT2D eigenvalue weighted by Crippen LogP contribution is 2.40. The van der Waals surface area contributed by atoms with Crippen molar-refractivity contribution in [2.75, 3.05) is 29.4 Å². The first kappa shape index (κ1) is 21.5. The number of piperazine rings is 1. The van der Waals surface area contributed by atoms with Gasteiger partial charge in [-0.2, -0.15) is 13.2 Å². The molecule has 0 spiro atoms. The normalized spacial score (nSPS) is 21.0. The monoisotopic (exact) mass is 435 g/mol. The summed E-state index contributed by atoms with van der Waals surface area (Å²) in [4.78, 5) is 16.9. The minimum atomic E-state index is -4.44. The Morgan fingerprint density at radius 3 is 2.52 bits per heavy atom. The molecule has 1 N–H and O–H groups in total. The lowest BCUT2D eigenvalue weighted by atomic mass is 9.82. The van der Waals surface area contributed by atoms with E-state index in [2.05, 4.69) is 5.32 Å². The van der Waals surface area contributed by atoms with Gasteiger partial charge >= 0.3 is 6.18 Å². The van der Waals surface area contributed by atoms with Gasteiger partial charge in [0, 0.05) is 31.4 Å². The van der Waals surface area contributed by atoms with E-state index in [1.54, 1.807) is 18.2 Å². The van der Waals surface area contributed by atoms with Gasteiger partial charge in [0.1, 0.15) is 5.82 Å². The van der Waals surface area contributed by atoms with Crippen molar-refractivity contribution in [3.05, 3.63) is 59.4 Å². The molecule has 1 saturated heterocycles. The maximum atomic E-state index is 14.4. The maximum absolute atomic E-state index is 14.4. The van der Waals surface area contributed by atoms with E-state index in [4.69, 9.17) is 0 Å². The fourth-order valence-corrected chi connectivity index (χ4v) is 4.62. The number of anilines is 2. The van der Waals surface area contributed by atoms with Crippen molar-refractivity contribution < 1.29 is 22.4 Å². The van der Waals surface area contributed by atoms with Crippen molar-refractivity contribution in [1.82, 2.24) is 5.32 Å². The minimum absolute atomic E-state index is 0.0879. The number of halogens is 4. The fourth-order valence-electron chi connectivity index (χ4n) is 4.62. The molecule has 2 aliphatic heterocycles. The number of carbonyl (C=O) groups is 1. The third-order valence-electron chi connectivity index (χ3n) is 6.00. The Bertz CT molecular complexity index is 976. The molecule has 0 saturated carbocycles. The first-order chi connectivity index (χ1) is 14.6. The van der Waals surface area contributed by atoms with Crippen LogP contribution in [0.5, 0.6) is 0 Å². The molecule has 166 valence electrons. The highest BCUT2D eigenvalue weighted by molar-refractivity contribution is 5.82. The van der Waals surface area contributed by atoms with Crippen LogP contribution in [-0.4, -0.2) is 37.6 Å². The number of nitrogens with zero attached hydrogens (tertiary/aromatic N) is 2. The molecule has 0 radical (unpaired) electrons. The third-order valence-corrected chi connectivity index (χ3v) is 6.00. The lowest BCUT2D eigenvalue weighted by Gasteiger charge is -2.49. The van der Waals surface area contributed by atoms with Crippen molar-refractivity contribution >= 4 is 17.3 Å². The molecule has 0 aromatic heterocycles. The fraction of sp³-hybridized carbons (Fsp3) is 0.435. The average molecular weight is 435 g/mol. The van der Waals surface area contributed by atoms with Gasteiger partial charge in [-0.15, -0.1) is 0 Å². The largest absolute Gasteiger partial charge is 0.416 e.